The van der Waals surface area contributed by atoms with E-state index in [1.54, 1.807) is 38.2 Å². The second-order valence-corrected chi connectivity index (χ2v) is 10.4. The van der Waals surface area contributed by atoms with E-state index in [4.69, 9.17) is 0 Å². The fourth-order valence-electron chi connectivity index (χ4n) is 4.69. The van der Waals surface area contributed by atoms with Gasteiger partial charge in [-0.3, -0.25) is 9.36 Å². The Morgan fingerprint density at radius 3 is 2.19 bits per heavy atom. The van der Waals surface area contributed by atoms with Gasteiger partial charge in [-0.25, -0.2) is 27.3 Å². The van der Waals surface area contributed by atoms with E-state index in [9.17, 15) is 27.6 Å². The quantitative estimate of drug-likeness (QED) is 0.230. The molecule has 216 valence electrons. The molecule has 2 amide bonds. The number of benzene rings is 3. The molecule has 0 aliphatic rings. The van der Waals surface area contributed by atoms with Crippen molar-refractivity contribution in [2.75, 3.05) is 18.9 Å². The van der Waals surface area contributed by atoms with E-state index in [0.29, 0.717) is 28.2 Å². The molecule has 0 spiro atoms. The van der Waals surface area contributed by atoms with Crippen molar-refractivity contribution in [1.29, 1.82) is 0 Å². The molecule has 0 bridgehead atoms. The van der Waals surface area contributed by atoms with Crippen LogP contribution in [0.15, 0.2) is 76.3 Å². The Morgan fingerprint density at radius 1 is 0.905 bits per heavy atom. The number of halogens is 3. The number of hydrogen-bond acceptors (Lipinski definition) is 5. The second-order valence-electron chi connectivity index (χ2n) is 9.37. The molecule has 42 heavy (non-hydrogen) atoms. The summed E-state index contributed by atoms with van der Waals surface area (Å²) in [5.74, 6) is -2.23. The van der Waals surface area contributed by atoms with Crippen LogP contribution in [0.2, 0.25) is 0 Å². The summed E-state index contributed by atoms with van der Waals surface area (Å²) < 4.78 is 45.3. The molecule has 2 aromatic heterocycles. The van der Waals surface area contributed by atoms with Crippen LogP contribution in [0.25, 0.3) is 26.3 Å². The first kappa shape index (κ1) is 28.8. The molecule has 3 aromatic carbocycles. The number of aromatic nitrogens is 2. The molecule has 0 unspecified atom stereocenters. The predicted octanol–water partition coefficient (Wildman–Crippen LogP) is 5.21. The van der Waals surface area contributed by atoms with Crippen LogP contribution in [0.5, 0.6) is 0 Å². The number of carbonyl (C=O) groups excluding carboxylic acids is 1. The lowest BCUT2D eigenvalue weighted by molar-refractivity contribution is 0.252. The van der Waals surface area contributed by atoms with Crippen LogP contribution < -0.4 is 27.2 Å². The molecular weight excluding hydrogens is 567 g/mol. The predicted molar refractivity (Wildman–Crippen MR) is 158 cm³/mol. The second kappa shape index (κ2) is 12.0. The minimum atomic E-state index is -0.836. The maximum Gasteiger partial charge on any atom is 0.337 e. The third-order valence-corrected chi connectivity index (χ3v) is 7.94. The number of carbonyl (C=O) groups is 1. The van der Waals surface area contributed by atoms with Gasteiger partial charge in [0.25, 0.3) is 5.56 Å². The summed E-state index contributed by atoms with van der Waals surface area (Å²) in [4.78, 5) is 40.7. The van der Waals surface area contributed by atoms with Gasteiger partial charge in [-0.05, 0) is 73.6 Å². The number of rotatable bonds is 8. The zero-order valence-corrected chi connectivity index (χ0v) is 23.4. The maximum absolute atomic E-state index is 14.8. The molecule has 0 aliphatic heterocycles. The van der Waals surface area contributed by atoms with Crippen molar-refractivity contribution in [3.63, 3.8) is 0 Å². The van der Waals surface area contributed by atoms with E-state index in [0.717, 1.165) is 40.2 Å². The van der Waals surface area contributed by atoms with E-state index in [1.807, 2.05) is 0 Å². The molecule has 8 nitrogen and oxygen atoms in total. The summed E-state index contributed by atoms with van der Waals surface area (Å²) in [5.41, 5.74) is 0.126. The van der Waals surface area contributed by atoms with E-state index >= 15 is 0 Å². The van der Waals surface area contributed by atoms with Crippen LogP contribution >= 0.6 is 11.3 Å². The van der Waals surface area contributed by atoms with E-state index in [1.165, 1.54) is 22.8 Å². The average molecular weight is 594 g/mol. The van der Waals surface area contributed by atoms with Gasteiger partial charge in [0.15, 0.2) is 0 Å². The molecule has 5 rings (SSSR count). The number of anilines is 1. The van der Waals surface area contributed by atoms with Gasteiger partial charge in [-0.15, -0.1) is 11.3 Å². The van der Waals surface area contributed by atoms with Crippen molar-refractivity contribution in [3.8, 4) is 16.1 Å². The minimum Gasteiger partial charge on any atom is -0.338 e. The van der Waals surface area contributed by atoms with Crippen molar-refractivity contribution < 1.29 is 18.0 Å². The molecule has 0 saturated heterocycles. The Hall–Kier alpha value is -4.68. The summed E-state index contributed by atoms with van der Waals surface area (Å²) in [5, 5.41) is 8.62. The van der Waals surface area contributed by atoms with Gasteiger partial charge in [-0.2, -0.15) is 0 Å². The number of nitrogens with one attached hydrogen (secondary N) is 3. The maximum atomic E-state index is 14.8. The van der Waals surface area contributed by atoms with E-state index < -0.39 is 35.2 Å². The van der Waals surface area contributed by atoms with Crippen molar-refractivity contribution in [2.24, 2.45) is 0 Å². The zero-order valence-electron chi connectivity index (χ0n) is 22.6. The van der Waals surface area contributed by atoms with E-state index in [-0.39, 0.29) is 34.0 Å². The van der Waals surface area contributed by atoms with Gasteiger partial charge in [-0.1, -0.05) is 18.2 Å². The fourth-order valence-corrected chi connectivity index (χ4v) is 6.00. The van der Waals surface area contributed by atoms with E-state index in [2.05, 4.69) is 16.0 Å². The molecule has 0 aliphatic carbocycles. The van der Waals surface area contributed by atoms with Crippen LogP contribution in [0.1, 0.15) is 18.1 Å². The summed E-state index contributed by atoms with van der Waals surface area (Å²) >= 11 is 1.14. The highest BCUT2D eigenvalue weighted by atomic mass is 32.1. The van der Waals surface area contributed by atoms with Gasteiger partial charge in [0, 0.05) is 29.2 Å². The molecular formula is C30H26F3N5O3S. The third-order valence-electron chi connectivity index (χ3n) is 6.63. The van der Waals surface area contributed by atoms with Gasteiger partial charge in [0.2, 0.25) is 0 Å². The largest absolute Gasteiger partial charge is 0.338 e. The average Bonchev–Trinajstić information content (AvgIpc) is 3.33. The Kier molecular flexibility index (Phi) is 8.27. The molecule has 12 heteroatoms. The lowest BCUT2D eigenvalue weighted by Crippen LogP contribution is -2.39. The zero-order chi connectivity index (χ0) is 30.0. The molecule has 3 N–H and O–H groups in total. The Bertz CT molecular complexity index is 1880. The van der Waals surface area contributed by atoms with Crippen molar-refractivity contribution >= 4 is 33.3 Å². The van der Waals surface area contributed by atoms with Crippen LogP contribution in [-0.4, -0.2) is 28.8 Å². The van der Waals surface area contributed by atoms with Crippen LogP contribution in [0, 0.1) is 17.5 Å². The molecule has 5 aromatic rings. The lowest BCUT2D eigenvalue weighted by Gasteiger charge is -2.14. The third kappa shape index (κ3) is 5.46. The summed E-state index contributed by atoms with van der Waals surface area (Å²) in [6, 6.07) is 14.8. The lowest BCUT2D eigenvalue weighted by atomic mass is 10.1. The fraction of sp³-hybridized carbons (Fsp3) is 0.167. The standard InChI is InChI=1S/C30H26F3N5O3S/c1-3-35-29(40)36-19-11-7-17(8-12-19)26-21(15-34-2)25-27(39)38(20-13-9-18(31)10-14-20)30(41)37(28(25)42-26)16-22-23(32)5-4-6-24(22)33/h4-14,34H,3,15-16H2,1-2H3,(H2,35,36,40). The molecule has 0 atom stereocenters. The van der Waals surface area contributed by atoms with Gasteiger partial charge in [0.05, 0.1) is 17.6 Å². The summed E-state index contributed by atoms with van der Waals surface area (Å²) in [7, 11) is 1.70. The number of fused-ring (bicyclic) bond motifs is 1. The highest BCUT2D eigenvalue weighted by Crippen LogP contribution is 2.38. The number of nitrogens with zero attached hydrogens (tertiary/aromatic N) is 2. The van der Waals surface area contributed by atoms with Gasteiger partial charge >= 0.3 is 11.7 Å². The van der Waals surface area contributed by atoms with Gasteiger partial charge < -0.3 is 16.0 Å². The summed E-state index contributed by atoms with van der Waals surface area (Å²) in [6.45, 7) is 2.02. The van der Waals surface area contributed by atoms with Crippen molar-refractivity contribution in [3.05, 3.63) is 116 Å². The molecule has 0 saturated carbocycles. The first-order chi connectivity index (χ1) is 20.2. The minimum absolute atomic E-state index is 0.111. The molecule has 0 radical (unpaired) electrons. The monoisotopic (exact) mass is 593 g/mol. The number of amides is 2. The SMILES string of the molecule is CCNC(=O)Nc1ccc(-c2sc3c(c2CNC)c(=O)n(-c2ccc(F)cc2)c(=O)n3Cc2c(F)cccc2F)cc1. The highest BCUT2D eigenvalue weighted by molar-refractivity contribution is 7.22. The highest BCUT2D eigenvalue weighted by Gasteiger charge is 2.24. The van der Waals surface area contributed by atoms with Crippen LogP contribution in [0.3, 0.4) is 0 Å². The number of urea groups is 1. The number of hydrogen-bond donors (Lipinski definition) is 3. The topological polar surface area (TPSA) is 97.2 Å². The molecule has 0 fully saturated rings. The number of thiophene rings is 1. The normalized spacial score (nSPS) is 11.2. The van der Waals surface area contributed by atoms with Crippen molar-refractivity contribution in [1.82, 2.24) is 19.8 Å². The van der Waals surface area contributed by atoms with Crippen LogP contribution in [-0.2, 0) is 13.1 Å². The molecule has 2 heterocycles. The Balaban J connectivity index is 1.77. The van der Waals surface area contributed by atoms with Crippen molar-refractivity contribution in [2.45, 2.75) is 20.0 Å². The summed E-state index contributed by atoms with van der Waals surface area (Å²) in [6.07, 6.45) is 0. The van der Waals surface area contributed by atoms with Crippen LogP contribution in [0.4, 0.5) is 23.7 Å². The first-order valence-electron chi connectivity index (χ1n) is 13.0. The Labute approximate surface area is 242 Å². The first-order valence-corrected chi connectivity index (χ1v) is 13.8. The van der Waals surface area contributed by atoms with Gasteiger partial charge in [0.1, 0.15) is 22.3 Å². The smallest absolute Gasteiger partial charge is 0.337 e. The Morgan fingerprint density at radius 2 is 1.57 bits per heavy atom.